The Morgan fingerprint density at radius 1 is 1.75 bits per heavy atom. The summed E-state index contributed by atoms with van der Waals surface area (Å²) < 4.78 is 29.8. The number of ether oxygens (including phenoxy) is 2. The standard InChI is InChI=1S/C7H14O4S/c1-10-7(6-12(8)9)3-2-4-11-5-7/h2-6H2,1H3,(H,8,9). The highest BCUT2D eigenvalue weighted by Crippen LogP contribution is 2.23. The molecule has 72 valence electrons. The van der Waals surface area contributed by atoms with Gasteiger partial charge in [0.15, 0.2) is 11.1 Å². The van der Waals surface area contributed by atoms with Gasteiger partial charge in [0.1, 0.15) is 5.60 Å². The monoisotopic (exact) mass is 194 g/mol. The third kappa shape index (κ3) is 2.52. The Labute approximate surface area is 74.5 Å². The largest absolute Gasteiger partial charge is 0.378 e. The average Bonchev–Trinajstić information content (AvgIpc) is 2.05. The Hall–Kier alpha value is 0.0300. The molecule has 5 heteroatoms. The first kappa shape index (κ1) is 10.1. The van der Waals surface area contributed by atoms with Gasteiger partial charge in [0, 0.05) is 13.7 Å². The molecule has 0 aromatic rings. The Kier molecular flexibility index (Phi) is 3.64. The highest BCUT2D eigenvalue weighted by molar-refractivity contribution is 7.79. The number of rotatable bonds is 3. The van der Waals surface area contributed by atoms with Crippen molar-refractivity contribution < 1.29 is 18.2 Å². The molecule has 1 aliphatic rings. The summed E-state index contributed by atoms with van der Waals surface area (Å²) in [5, 5.41) is 0. The van der Waals surface area contributed by atoms with Crippen molar-refractivity contribution in [2.45, 2.75) is 18.4 Å². The minimum Gasteiger partial charge on any atom is -0.378 e. The molecule has 4 nitrogen and oxygen atoms in total. The van der Waals surface area contributed by atoms with Gasteiger partial charge in [-0.2, -0.15) is 0 Å². The van der Waals surface area contributed by atoms with Crippen molar-refractivity contribution in [1.29, 1.82) is 0 Å². The summed E-state index contributed by atoms with van der Waals surface area (Å²) in [7, 11) is 1.56. The molecule has 2 unspecified atom stereocenters. The van der Waals surface area contributed by atoms with Crippen molar-refractivity contribution in [3.05, 3.63) is 0 Å². The fourth-order valence-corrected chi connectivity index (χ4v) is 2.18. The van der Waals surface area contributed by atoms with Gasteiger partial charge in [-0.1, -0.05) is 0 Å². The number of hydrogen-bond donors (Lipinski definition) is 1. The molecule has 1 rings (SSSR count). The van der Waals surface area contributed by atoms with E-state index < -0.39 is 16.7 Å². The highest BCUT2D eigenvalue weighted by atomic mass is 32.2. The molecule has 1 fully saturated rings. The van der Waals surface area contributed by atoms with E-state index in [0.717, 1.165) is 19.4 Å². The molecule has 1 saturated heterocycles. The topological polar surface area (TPSA) is 55.8 Å². The van der Waals surface area contributed by atoms with Gasteiger partial charge in [-0.3, -0.25) is 0 Å². The van der Waals surface area contributed by atoms with Crippen molar-refractivity contribution >= 4 is 11.1 Å². The molecule has 0 aromatic heterocycles. The summed E-state index contributed by atoms with van der Waals surface area (Å²) in [4.78, 5) is 0. The molecule has 0 bridgehead atoms. The lowest BCUT2D eigenvalue weighted by atomic mass is 9.99. The van der Waals surface area contributed by atoms with Crippen LogP contribution < -0.4 is 0 Å². The second kappa shape index (κ2) is 4.32. The summed E-state index contributed by atoms with van der Waals surface area (Å²) in [5.74, 6) is 0.142. The summed E-state index contributed by atoms with van der Waals surface area (Å²) in [6.07, 6.45) is 1.70. The van der Waals surface area contributed by atoms with Crippen LogP contribution in [0.3, 0.4) is 0 Å². The fourth-order valence-electron chi connectivity index (χ4n) is 1.39. The molecular weight excluding hydrogens is 180 g/mol. The Balaban J connectivity index is 2.53. The van der Waals surface area contributed by atoms with Crippen LogP contribution in [-0.2, 0) is 20.6 Å². The first-order valence-corrected chi connectivity index (χ1v) is 5.16. The molecule has 1 aliphatic heterocycles. The number of hydrogen-bond acceptors (Lipinski definition) is 3. The van der Waals surface area contributed by atoms with Crippen LogP contribution in [0.1, 0.15) is 12.8 Å². The van der Waals surface area contributed by atoms with Crippen molar-refractivity contribution in [2.24, 2.45) is 0 Å². The van der Waals surface area contributed by atoms with Crippen LogP contribution in [-0.4, -0.2) is 40.4 Å². The molecule has 0 aromatic carbocycles. The maximum atomic E-state index is 10.6. The molecule has 0 saturated carbocycles. The molecule has 0 spiro atoms. The van der Waals surface area contributed by atoms with Gasteiger partial charge in [-0.05, 0) is 12.8 Å². The fraction of sp³-hybridized carbons (Fsp3) is 1.00. The average molecular weight is 194 g/mol. The Morgan fingerprint density at radius 3 is 2.92 bits per heavy atom. The van der Waals surface area contributed by atoms with Gasteiger partial charge in [0.2, 0.25) is 0 Å². The van der Waals surface area contributed by atoms with Crippen LogP contribution >= 0.6 is 0 Å². The number of methoxy groups -OCH3 is 1. The van der Waals surface area contributed by atoms with Crippen LogP contribution in [0.15, 0.2) is 0 Å². The van der Waals surface area contributed by atoms with E-state index in [-0.39, 0.29) is 5.75 Å². The molecule has 12 heavy (non-hydrogen) atoms. The summed E-state index contributed by atoms with van der Waals surface area (Å²) in [5.41, 5.74) is -0.530. The Morgan fingerprint density at radius 2 is 2.50 bits per heavy atom. The Bertz CT molecular complexity index is 165. The maximum absolute atomic E-state index is 10.6. The first-order chi connectivity index (χ1) is 5.68. The molecule has 0 amide bonds. The van der Waals surface area contributed by atoms with Crippen LogP contribution in [0.4, 0.5) is 0 Å². The van der Waals surface area contributed by atoms with Gasteiger partial charge in [-0.15, -0.1) is 0 Å². The van der Waals surface area contributed by atoms with Crippen LogP contribution in [0.2, 0.25) is 0 Å². The zero-order valence-corrected chi connectivity index (χ0v) is 7.93. The second-order valence-electron chi connectivity index (χ2n) is 3.01. The summed E-state index contributed by atoms with van der Waals surface area (Å²) >= 11 is -1.81. The van der Waals surface area contributed by atoms with Gasteiger partial charge >= 0.3 is 0 Å². The van der Waals surface area contributed by atoms with E-state index in [4.69, 9.17) is 14.0 Å². The first-order valence-electron chi connectivity index (χ1n) is 3.89. The molecule has 1 heterocycles. The zero-order valence-electron chi connectivity index (χ0n) is 7.12. The van der Waals surface area contributed by atoms with E-state index in [1.165, 1.54) is 0 Å². The molecule has 2 atom stereocenters. The predicted molar refractivity (Wildman–Crippen MR) is 45.4 cm³/mol. The van der Waals surface area contributed by atoms with Crippen molar-refractivity contribution in [2.75, 3.05) is 26.1 Å². The van der Waals surface area contributed by atoms with Gasteiger partial charge in [0.05, 0.1) is 12.4 Å². The zero-order chi connectivity index (χ0) is 9.03. The van der Waals surface area contributed by atoms with Crippen molar-refractivity contribution in [1.82, 2.24) is 0 Å². The summed E-state index contributed by atoms with van der Waals surface area (Å²) in [6, 6.07) is 0. The lowest BCUT2D eigenvalue weighted by Gasteiger charge is -2.34. The van der Waals surface area contributed by atoms with Crippen LogP contribution in [0.5, 0.6) is 0 Å². The van der Waals surface area contributed by atoms with E-state index in [1.807, 2.05) is 0 Å². The third-order valence-electron chi connectivity index (χ3n) is 2.11. The van der Waals surface area contributed by atoms with Gasteiger partial charge in [-0.25, -0.2) is 4.21 Å². The third-order valence-corrected chi connectivity index (χ3v) is 2.88. The smallest absolute Gasteiger partial charge is 0.155 e. The van der Waals surface area contributed by atoms with E-state index >= 15 is 0 Å². The molecule has 1 N–H and O–H groups in total. The van der Waals surface area contributed by atoms with Crippen LogP contribution in [0, 0.1) is 0 Å². The minimum absolute atomic E-state index is 0.142. The van der Waals surface area contributed by atoms with E-state index in [0.29, 0.717) is 6.61 Å². The van der Waals surface area contributed by atoms with Crippen molar-refractivity contribution in [3.63, 3.8) is 0 Å². The molecule has 0 aliphatic carbocycles. The second-order valence-corrected chi connectivity index (χ2v) is 3.94. The minimum atomic E-state index is -1.81. The van der Waals surface area contributed by atoms with Gasteiger partial charge < -0.3 is 14.0 Å². The molecular formula is C7H14O4S. The summed E-state index contributed by atoms with van der Waals surface area (Å²) in [6.45, 7) is 1.15. The SMILES string of the molecule is COC1(CS(=O)O)CCCOC1. The van der Waals surface area contributed by atoms with E-state index in [9.17, 15) is 4.21 Å². The predicted octanol–water partition coefficient (Wildman–Crippen LogP) is 0.404. The normalized spacial score (nSPS) is 33.2. The quantitative estimate of drug-likeness (QED) is 0.661. The van der Waals surface area contributed by atoms with Crippen LogP contribution in [0.25, 0.3) is 0 Å². The highest BCUT2D eigenvalue weighted by Gasteiger charge is 2.34. The van der Waals surface area contributed by atoms with Crippen molar-refractivity contribution in [3.8, 4) is 0 Å². The lowest BCUT2D eigenvalue weighted by Crippen LogP contribution is -2.45. The lowest BCUT2D eigenvalue weighted by molar-refractivity contribution is -0.0951. The van der Waals surface area contributed by atoms with E-state index in [2.05, 4.69) is 0 Å². The molecule has 0 radical (unpaired) electrons. The maximum Gasteiger partial charge on any atom is 0.155 e. The van der Waals surface area contributed by atoms with E-state index in [1.54, 1.807) is 7.11 Å². The van der Waals surface area contributed by atoms with Gasteiger partial charge in [0.25, 0.3) is 0 Å².